The zero-order chi connectivity index (χ0) is 11.7. The topological polar surface area (TPSA) is 48.7 Å². The molecule has 1 atom stereocenters. The van der Waals surface area contributed by atoms with Crippen LogP contribution in [0.25, 0.3) is 0 Å². The fourth-order valence-corrected chi connectivity index (χ4v) is 1.73. The Bertz CT molecular complexity index is 573. The Hall–Kier alpha value is -2.07. The second-order valence-corrected chi connectivity index (χ2v) is 3.71. The van der Waals surface area contributed by atoms with E-state index in [-0.39, 0.29) is 17.8 Å². The molecule has 0 spiro atoms. The van der Waals surface area contributed by atoms with Gasteiger partial charge in [0.15, 0.2) is 5.76 Å². The van der Waals surface area contributed by atoms with Crippen molar-refractivity contribution in [2.75, 3.05) is 0 Å². The van der Waals surface area contributed by atoms with Gasteiger partial charge in [0.1, 0.15) is 6.61 Å². The predicted octanol–water partition coefficient (Wildman–Crippen LogP) is 2.25. The van der Waals surface area contributed by atoms with Crippen molar-refractivity contribution in [1.29, 1.82) is 0 Å². The minimum Gasteiger partial charge on any atom is -0.463 e. The molecule has 86 valence electrons. The SMILES string of the molecule is O=c1ccoc2c1O[C@H](c1ccccc1)OC2. The van der Waals surface area contributed by atoms with Crippen LogP contribution >= 0.6 is 0 Å². The van der Waals surface area contributed by atoms with Crippen molar-refractivity contribution in [3.8, 4) is 5.75 Å². The first-order chi connectivity index (χ1) is 8.34. The second kappa shape index (κ2) is 4.07. The molecule has 1 aliphatic rings. The molecule has 0 aliphatic carbocycles. The fourth-order valence-electron chi connectivity index (χ4n) is 1.73. The zero-order valence-corrected chi connectivity index (χ0v) is 8.96. The van der Waals surface area contributed by atoms with E-state index in [2.05, 4.69) is 0 Å². The van der Waals surface area contributed by atoms with Crippen molar-refractivity contribution in [3.63, 3.8) is 0 Å². The summed E-state index contributed by atoms with van der Waals surface area (Å²) in [4.78, 5) is 11.6. The molecule has 2 aromatic rings. The van der Waals surface area contributed by atoms with Crippen LogP contribution in [0.15, 0.2) is 51.9 Å². The Labute approximate surface area is 97.4 Å². The summed E-state index contributed by atoms with van der Waals surface area (Å²) in [6.07, 6.45) is 0.797. The third-order valence-electron chi connectivity index (χ3n) is 2.57. The van der Waals surface area contributed by atoms with Gasteiger partial charge in [-0.05, 0) is 0 Å². The zero-order valence-electron chi connectivity index (χ0n) is 8.96. The summed E-state index contributed by atoms with van der Waals surface area (Å²) in [6, 6.07) is 10.8. The third-order valence-corrected chi connectivity index (χ3v) is 2.57. The van der Waals surface area contributed by atoms with Crippen LogP contribution in [0.4, 0.5) is 0 Å². The Balaban J connectivity index is 1.96. The van der Waals surface area contributed by atoms with Crippen molar-refractivity contribution in [1.82, 2.24) is 0 Å². The number of hydrogen-bond acceptors (Lipinski definition) is 4. The number of ether oxygens (including phenoxy) is 2. The first kappa shape index (κ1) is 10.1. The van der Waals surface area contributed by atoms with E-state index in [0.717, 1.165) is 5.56 Å². The minimum absolute atomic E-state index is 0.185. The van der Waals surface area contributed by atoms with E-state index in [1.807, 2.05) is 30.3 Å². The molecule has 0 amide bonds. The average molecular weight is 230 g/mol. The molecule has 1 aromatic heterocycles. The first-order valence-corrected chi connectivity index (χ1v) is 5.28. The normalized spacial score (nSPS) is 18.2. The van der Waals surface area contributed by atoms with Crippen LogP contribution in [0.2, 0.25) is 0 Å². The largest absolute Gasteiger partial charge is 0.463 e. The highest BCUT2D eigenvalue weighted by Crippen LogP contribution is 2.29. The van der Waals surface area contributed by atoms with E-state index in [1.54, 1.807) is 0 Å². The van der Waals surface area contributed by atoms with Gasteiger partial charge in [-0.25, -0.2) is 0 Å². The third kappa shape index (κ3) is 1.83. The van der Waals surface area contributed by atoms with Crippen LogP contribution in [0.5, 0.6) is 5.75 Å². The summed E-state index contributed by atoms with van der Waals surface area (Å²) in [7, 11) is 0. The molecule has 0 fully saturated rings. The summed E-state index contributed by atoms with van der Waals surface area (Å²) < 4.78 is 16.2. The van der Waals surface area contributed by atoms with E-state index in [0.29, 0.717) is 5.76 Å². The highest BCUT2D eigenvalue weighted by atomic mass is 16.7. The molecule has 4 heteroatoms. The molecule has 4 nitrogen and oxygen atoms in total. The average Bonchev–Trinajstić information content (AvgIpc) is 2.40. The maximum absolute atomic E-state index is 11.6. The highest BCUT2D eigenvalue weighted by molar-refractivity contribution is 5.27. The number of rotatable bonds is 1. The Morgan fingerprint density at radius 2 is 1.94 bits per heavy atom. The molecular formula is C13H10O4. The number of fused-ring (bicyclic) bond motifs is 1. The molecule has 0 unspecified atom stereocenters. The summed E-state index contributed by atoms with van der Waals surface area (Å²) in [5.74, 6) is 0.678. The maximum atomic E-state index is 11.6. The van der Waals surface area contributed by atoms with E-state index >= 15 is 0 Å². The maximum Gasteiger partial charge on any atom is 0.227 e. The molecule has 0 N–H and O–H groups in total. The predicted molar refractivity (Wildman–Crippen MR) is 59.6 cm³/mol. The van der Waals surface area contributed by atoms with Gasteiger partial charge in [-0.2, -0.15) is 0 Å². The summed E-state index contributed by atoms with van der Waals surface area (Å²) >= 11 is 0. The lowest BCUT2D eigenvalue weighted by molar-refractivity contribution is -0.120. The summed E-state index contributed by atoms with van der Waals surface area (Å²) in [5.41, 5.74) is 0.692. The Morgan fingerprint density at radius 1 is 1.12 bits per heavy atom. The van der Waals surface area contributed by atoms with Crippen LogP contribution in [0, 0.1) is 0 Å². The second-order valence-electron chi connectivity index (χ2n) is 3.71. The quantitative estimate of drug-likeness (QED) is 0.753. The van der Waals surface area contributed by atoms with Gasteiger partial charge in [-0.15, -0.1) is 0 Å². The monoisotopic (exact) mass is 230 g/mol. The highest BCUT2D eigenvalue weighted by Gasteiger charge is 2.25. The van der Waals surface area contributed by atoms with E-state index < -0.39 is 6.29 Å². The van der Waals surface area contributed by atoms with E-state index in [9.17, 15) is 4.79 Å². The van der Waals surface area contributed by atoms with Gasteiger partial charge >= 0.3 is 0 Å². The van der Waals surface area contributed by atoms with Crippen molar-refractivity contribution in [2.24, 2.45) is 0 Å². The van der Waals surface area contributed by atoms with Crippen molar-refractivity contribution in [2.45, 2.75) is 12.9 Å². The molecule has 0 radical (unpaired) electrons. The van der Waals surface area contributed by atoms with Gasteiger partial charge in [0, 0.05) is 11.6 Å². The van der Waals surface area contributed by atoms with Gasteiger partial charge in [0.25, 0.3) is 0 Å². The molecule has 0 saturated carbocycles. The lowest BCUT2D eigenvalue weighted by Crippen LogP contribution is -2.22. The van der Waals surface area contributed by atoms with Crippen LogP contribution in [0.3, 0.4) is 0 Å². The number of hydrogen-bond donors (Lipinski definition) is 0. The lowest BCUT2D eigenvalue weighted by atomic mass is 10.2. The minimum atomic E-state index is -0.547. The van der Waals surface area contributed by atoms with Crippen molar-refractivity contribution < 1.29 is 13.9 Å². The first-order valence-electron chi connectivity index (χ1n) is 5.28. The fraction of sp³-hybridized carbons (Fsp3) is 0.154. The van der Waals surface area contributed by atoms with E-state index in [4.69, 9.17) is 13.9 Å². The van der Waals surface area contributed by atoms with Gasteiger partial charge in [0.05, 0.1) is 6.26 Å². The van der Waals surface area contributed by atoms with Crippen LogP contribution < -0.4 is 10.2 Å². The molecule has 0 saturated heterocycles. The van der Waals surface area contributed by atoms with Crippen LogP contribution in [-0.2, 0) is 11.3 Å². The van der Waals surface area contributed by atoms with E-state index in [1.165, 1.54) is 12.3 Å². The standard InChI is InChI=1S/C13H10O4/c14-10-6-7-15-11-8-16-13(17-12(10)11)9-4-2-1-3-5-9/h1-7,13H,8H2/t13-/m1/s1. The summed E-state index contributed by atoms with van der Waals surface area (Å²) in [6.45, 7) is 0.241. The molecular weight excluding hydrogens is 220 g/mol. The lowest BCUT2D eigenvalue weighted by Gasteiger charge is -2.24. The van der Waals surface area contributed by atoms with Crippen molar-refractivity contribution >= 4 is 0 Å². The van der Waals surface area contributed by atoms with Gasteiger partial charge < -0.3 is 13.9 Å². The molecule has 3 rings (SSSR count). The Morgan fingerprint density at radius 3 is 2.76 bits per heavy atom. The number of benzene rings is 1. The van der Waals surface area contributed by atoms with Gasteiger partial charge in [-0.3, -0.25) is 4.79 Å². The van der Waals surface area contributed by atoms with Crippen LogP contribution in [0.1, 0.15) is 17.6 Å². The van der Waals surface area contributed by atoms with Crippen molar-refractivity contribution in [3.05, 3.63) is 64.2 Å². The smallest absolute Gasteiger partial charge is 0.227 e. The molecule has 0 bridgehead atoms. The summed E-state index contributed by atoms with van der Waals surface area (Å²) in [5, 5.41) is 0. The molecule has 17 heavy (non-hydrogen) atoms. The molecule has 2 heterocycles. The van der Waals surface area contributed by atoms with Crippen LogP contribution in [-0.4, -0.2) is 0 Å². The Kier molecular flexibility index (Phi) is 2.42. The van der Waals surface area contributed by atoms with Gasteiger partial charge in [-0.1, -0.05) is 30.3 Å². The molecule has 1 aromatic carbocycles. The molecule has 1 aliphatic heterocycles. The van der Waals surface area contributed by atoms with Gasteiger partial charge in [0.2, 0.25) is 17.5 Å².